The van der Waals surface area contributed by atoms with Crippen LogP contribution in [0.25, 0.3) is 10.2 Å². The number of thiazole rings is 1. The Labute approximate surface area is 116 Å². The summed E-state index contributed by atoms with van der Waals surface area (Å²) in [6, 6.07) is 7.98. The molecule has 0 saturated carbocycles. The zero-order valence-corrected chi connectivity index (χ0v) is 11.8. The number of fused-ring (bicyclic) bond motifs is 1. The Hall–Kier alpha value is -1.17. The molecule has 0 unspecified atom stereocenters. The molecule has 0 aliphatic heterocycles. The Morgan fingerprint density at radius 2 is 2.17 bits per heavy atom. The molecule has 98 valence electrons. The Morgan fingerprint density at radius 1 is 1.44 bits per heavy atom. The average molecular weight is 286 g/mol. The van der Waals surface area contributed by atoms with Crippen molar-refractivity contribution in [3.8, 4) is 0 Å². The second-order valence-corrected chi connectivity index (χ2v) is 4.98. The lowest BCUT2D eigenvalue weighted by Crippen LogP contribution is -2.27. The summed E-state index contributed by atoms with van der Waals surface area (Å²) in [7, 11) is 1.78. The fraction of sp³-hybridized carbons (Fsp3) is 0.333. The molecule has 2 N–H and O–H groups in total. The summed E-state index contributed by atoms with van der Waals surface area (Å²) in [5.41, 5.74) is 6.35. The van der Waals surface area contributed by atoms with E-state index in [1.54, 1.807) is 23.3 Å². The van der Waals surface area contributed by atoms with E-state index in [9.17, 15) is 4.79 Å². The zero-order valence-electron chi connectivity index (χ0n) is 10.1. The molecule has 0 atom stereocenters. The van der Waals surface area contributed by atoms with Gasteiger partial charge in [0.25, 0.3) is 0 Å². The lowest BCUT2D eigenvalue weighted by atomic mass is 10.3. The monoisotopic (exact) mass is 285 g/mol. The van der Waals surface area contributed by atoms with Crippen molar-refractivity contribution in [3.05, 3.63) is 29.3 Å². The summed E-state index contributed by atoms with van der Waals surface area (Å²) >= 11 is 1.62. The van der Waals surface area contributed by atoms with Crippen LogP contribution in [-0.4, -0.2) is 29.4 Å². The molecule has 0 fully saturated rings. The van der Waals surface area contributed by atoms with Gasteiger partial charge < -0.3 is 10.6 Å². The summed E-state index contributed by atoms with van der Waals surface area (Å²) in [4.78, 5) is 17.7. The van der Waals surface area contributed by atoms with Gasteiger partial charge in [0.15, 0.2) is 0 Å². The van der Waals surface area contributed by atoms with Gasteiger partial charge in [-0.2, -0.15) is 0 Å². The van der Waals surface area contributed by atoms with Gasteiger partial charge >= 0.3 is 0 Å². The molecular formula is C12H16ClN3OS. The number of amides is 1. The normalized spacial score (nSPS) is 10.1. The highest BCUT2D eigenvalue weighted by molar-refractivity contribution is 7.18. The highest BCUT2D eigenvalue weighted by Crippen LogP contribution is 2.22. The number of nitrogens with zero attached hydrogens (tertiary/aromatic N) is 2. The third-order valence-corrected chi connectivity index (χ3v) is 3.52. The largest absolute Gasteiger partial charge is 0.339 e. The molecule has 2 aromatic rings. The molecule has 1 aromatic heterocycles. The second-order valence-electron chi connectivity index (χ2n) is 3.86. The maximum absolute atomic E-state index is 11.6. The summed E-state index contributed by atoms with van der Waals surface area (Å²) in [6.07, 6.45) is 0.390. The lowest BCUT2D eigenvalue weighted by molar-refractivity contribution is -0.130. The van der Waals surface area contributed by atoms with Crippen LogP contribution in [0.3, 0.4) is 0 Å². The predicted molar refractivity (Wildman–Crippen MR) is 77.0 cm³/mol. The van der Waals surface area contributed by atoms with Gasteiger partial charge in [-0.05, 0) is 12.1 Å². The van der Waals surface area contributed by atoms with Crippen molar-refractivity contribution in [2.45, 2.75) is 13.0 Å². The Bertz CT molecular complexity index is 496. The maximum Gasteiger partial charge on any atom is 0.223 e. The van der Waals surface area contributed by atoms with Crippen LogP contribution < -0.4 is 5.73 Å². The number of carbonyl (C=O) groups is 1. The van der Waals surface area contributed by atoms with E-state index in [1.165, 1.54) is 0 Å². The number of aromatic nitrogens is 1. The van der Waals surface area contributed by atoms with Gasteiger partial charge in [0, 0.05) is 20.0 Å². The number of halogens is 1. The number of carbonyl (C=O) groups excluding carboxylic acids is 1. The van der Waals surface area contributed by atoms with Crippen molar-refractivity contribution in [3.63, 3.8) is 0 Å². The number of para-hydroxylation sites is 1. The van der Waals surface area contributed by atoms with Gasteiger partial charge in [0.1, 0.15) is 5.01 Å². The molecule has 18 heavy (non-hydrogen) atoms. The van der Waals surface area contributed by atoms with Crippen LogP contribution in [-0.2, 0) is 11.3 Å². The van der Waals surface area contributed by atoms with Crippen LogP contribution >= 0.6 is 23.7 Å². The van der Waals surface area contributed by atoms with E-state index in [0.717, 1.165) is 15.2 Å². The molecule has 0 radical (unpaired) electrons. The number of rotatable bonds is 4. The molecule has 0 aliphatic rings. The van der Waals surface area contributed by atoms with Gasteiger partial charge in [-0.1, -0.05) is 12.1 Å². The maximum atomic E-state index is 11.6. The van der Waals surface area contributed by atoms with Gasteiger partial charge in [-0.15, -0.1) is 23.7 Å². The fourth-order valence-electron chi connectivity index (χ4n) is 1.59. The highest BCUT2D eigenvalue weighted by Gasteiger charge is 2.10. The molecule has 4 nitrogen and oxygen atoms in total. The Balaban J connectivity index is 0.00000162. The topological polar surface area (TPSA) is 59.2 Å². The minimum absolute atomic E-state index is 0. The van der Waals surface area contributed by atoms with Crippen molar-refractivity contribution in [1.82, 2.24) is 9.88 Å². The standard InChI is InChI=1S/C12H15N3OS.ClH/c1-15(12(16)6-7-13)8-11-14-9-4-2-3-5-10(9)17-11;/h2-5H,6-8,13H2,1H3;1H. The van der Waals surface area contributed by atoms with E-state index < -0.39 is 0 Å². The van der Waals surface area contributed by atoms with E-state index in [2.05, 4.69) is 4.98 Å². The zero-order chi connectivity index (χ0) is 12.3. The van der Waals surface area contributed by atoms with E-state index in [-0.39, 0.29) is 18.3 Å². The summed E-state index contributed by atoms with van der Waals surface area (Å²) in [5, 5.41) is 0.957. The number of hydrogen-bond acceptors (Lipinski definition) is 4. The van der Waals surface area contributed by atoms with Crippen LogP contribution in [0, 0.1) is 0 Å². The van der Waals surface area contributed by atoms with Crippen LogP contribution in [0.2, 0.25) is 0 Å². The second kappa shape index (κ2) is 6.68. The molecule has 0 aliphatic carbocycles. The quantitative estimate of drug-likeness (QED) is 0.935. The lowest BCUT2D eigenvalue weighted by Gasteiger charge is -2.14. The van der Waals surface area contributed by atoms with Gasteiger partial charge in [0.05, 0.1) is 16.8 Å². The molecule has 0 spiro atoms. The Kier molecular flexibility index (Phi) is 5.53. The molecule has 1 aromatic carbocycles. The van der Waals surface area contributed by atoms with Crippen LogP contribution in [0.15, 0.2) is 24.3 Å². The average Bonchev–Trinajstić information content (AvgIpc) is 2.71. The molecule has 2 rings (SSSR count). The molecule has 1 amide bonds. The van der Waals surface area contributed by atoms with E-state index in [1.807, 2.05) is 24.3 Å². The van der Waals surface area contributed by atoms with Crippen LogP contribution in [0.5, 0.6) is 0 Å². The first kappa shape index (κ1) is 14.9. The van der Waals surface area contributed by atoms with Gasteiger partial charge in [-0.3, -0.25) is 4.79 Å². The molecule has 1 heterocycles. The Morgan fingerprint density at radius 3 is 2.83 bits per heavy atom. The minimum atomic E-state index is 0. The van der Waals surface area contributed by atoms with Crippen molar-refractivity contribution in [2.75, 3.05) is 13.6 Å². The molecule has 0 saturated heterocycles. The highest BCUT2D eigenvalue weighted by atomic mass is 35.5. The summed E-state index contributed by atoms with van der Waals surface area (Å²) < 4.78 is 1.15. The smallest absolute Gasteiger partial charge is 0.223 e. The third-order valence-electron chi connectivity index (χ3n) is 2.49. The van der Waals surface area contributed by atoms with Crippen molar-refractivity contribution in [1.29, 1.82) is 0 Å². The van der Waals surface area contributed by atoms with Crippen LogP contribution in [0.4, 0.5) is 0 Å². The first-order chi connectivity index (χ1) is 8.20. The van der Waals surface area contributed by atoms with E-state index in [4.69, 9.17) is 5.73 Å². The SMILES string of the molecule is CN(Cc1nc2ccccc2s1)C(=O)CCN.Cl. The molecular weight excluding hydrogens is 270 g/mol. The number of benzene rings is 1. The minimum Gasteiger partial charge on any atom is -0.339 e. The van der Waals surface area contributed by atoms with E-state index in [0.29, 0.717) is 19.5 Å². The third kappa shape index (κ3) is 3.41. The van der Waals surface area contributed by atoms with Gasteiger partial charge in [-0.25, -0.2) is 4.98 Å². The first-order valence-electron chi connectivity index (χ1n) is 5.49. The van der Waals surface area contributed by atoms with Gasteiger partial charge in [0.2, 0.25) is 5.91 Å². The number of hydrogen-bond donors (Lipinski definition) is 1. The van der Waals surface area contributed by atoms with Crippen molar-refractivity contribution < 1.29 is 4.79 Å². The summed E-state index contributed by atoms with van der Waals surface area (Å²) in [5.74, 6) is 0.0618. The first-order valence-corrected chi connectivity index (χ1v) is 6.31. The van der Waals surface area contributed by atoms with Crippen LogP contribution in [0.1, 0.15) is 11.4 Å². The number of nitrogens with two attached hydrogens (primary N) is 1. The van der Waals surface area contributed by atoms with Crippen molar-refractivity contribution >= 4 is 39.9 Å². The predicted octanol–water partition coefficient (Wildman–Crippen LogP) is 2.03. The molecule has 0 bridgehead atoms. The summed E-state index contributed by atoms with van der Waals surface area (Å²) in [6.45, 7) is 0.946. The molecule has 6 heteroatoms. The fourth-order valence-corrected chi connectivity index (χ4v) is 2.61. The van der Waals surface area contributed by atoms with Crippen molar-refractivity contribution in [2.24, 2.45) is 5.73 Å². The van der Waals surface area contributed by atoms with E-state index >= 15 is 0 Å².